The lowest BCUT2D eigenvalue weighted by atomic mass is 10.1. The number of hydrogen-bond acceptors (Lipinski definition) is 0. The van der Waals surface area contributed by atoms with E-state index in [0.717, 1.165) is 23.7 Å². The molecule has 0 aliphatic heterocycles. The van der Waals surface area contributed by atoms with Gasteiger partial charge in [-0.2, -0.15) is 0 Å². The molecule has 2 heteroatoms. The highest BCUT2D eigenvalue weighted by Gasteiger charge is 2.03. The van der Waals surface area contributed by atoms with Crippen LogP contribution < -0.4 is 0 Å². The summed E-state index contributed by atoms with van der Waals surface area (Å²) in [5, 5.41) is 0.337. The summed E-state index contributed by atoms with van der Waals surface area (Å²) in [6, 6.07) is 8.47. The quantitative estimate of drug-likeness (QED) is 0.678. The first-order valence-corrected chi connectivity index (χ1v) is 6.34. The molecule has 14 heavy (non-hydrogen) atoms. The molecule has 0 heterocycles. The van der Waals surface area contributed by atoms with Gasteiger partial charge in [-0.05, 0) is 37.0 Å². The highest BCUT2D eigenvalue weighted by molar-refractivity contribution is 9.10. The van der Waals surface area contributed by atoms with Crippen molar-refractivity contribution in [3.05, 3.63) is 34.3 Å². The average molecular weight is 276 g/mol. The van der Waals surface area contributed by atoms with Crippen LogP contribution >= 0.6 is 27.5 Å². The Morgan fingerprint density at radius 1 is 1.21 bits per heavy atom. The Kier molecular flexibility index (Phi) is 5.57. The third-order valence-corrected chi connectivity index (χ3v) is 3.23. The molecule has 0 bridgehead atoms. The van der Waals surface area contributed by atoms with Crippen LogP contribution in [0.25, 0.3) is 0 Å². The summed E-state index contributed by atoms with van der Waals surface area (Å²) in [6.07, 6.45) is 4.46. The van der Waals surface area contributed by atoms with Crippen LogP contribution in [0.5, 0.6) is 0 Å². The second kappa shape index (κ2) is 6.47. The highest BCUT2D eigenvalue weighted by atomic mass is 79.9. The smallest absolute Gasteiger partial charge is 0.0339 e. The van der Waals surface area contributed by atoms with E-state index in [1.54, 1.807) is 0 Å². The van der Waals surface area contributed by atoms with Crippen molar-refractivity contribution in [2.75, 3.05) is 0 Å². The molecular formula is C12H16BrCl. The van der Waals surface area contributed by atoms with Crippen LogP contribution in [0.15, 0.2) is 28.7 Å². The van der Waals surface area contributed by atoms with Crippen LogP contribution in [0.1, 0.15) is 31.7 Å². The van der Waals surface area contributed by atoms with E-state index < -0.39 is 0 Å². The second-order valence-corrected chi connectivity index (χ2v) is 5.08. The maximum Gasteiger partial charge on any atom is 0.0339 e. The van der Waals surface area contributed by atoms with Crippen LogP contribution in [-0.2, 0) is 6.42 Å². The largest absolute Gasteiger partial charge is 0.123 e. The van der Waals surface area contributed by atoms with E-state index in [1.165, 1.54) is 12.0 Å². The van der Waals surface area contributed by atoms with Crippen molar-refractivity contribution in [2.45, 2.75) is 38.0 Å². The average Bonchev–Trinajstić information content (AvgIpc) is 2.17. The zero-order chi connectivity index (χ0) is 10.4. The molecule has 0 fully saturated rings. The van der Waals surface area contributed by atoms with Gasteiger partial charge in [-0.25, -0.2) is 0 Å². The lowest BCUT2D eigenvalue weighted by Gasteiger charge is -2.07. The summed E-state index contributed by atoms with van der Waals surface area (Å²) in [7, 11) is 0. The molecule has 0 N–H and O–H groups in total. The predicted octanol–water partition coefficient (Wildman–Crippen LogP) is 4.79. The minimum atomic E-state index is 0.337. The molecule has 0 aliphatic carbocycles. The molecule has 1 unspecified atom stereocenters. The topological polar surface area (TPSA) is 0 Å². The van der Waals surface area contributed by atoms with Crippen LogP contribution in [-0.4, -0.2) is 5.38 Å². The molecular weight excluding hydrogens is 259 g/mol. The Bertz CT molecular complexity index is 256. The molecule has 0 aliphatic rings. The van der Waals surface area contributed by atoms with Gasteiger partial charge in [0.2, 0.25) is 0 Å². The normalized spacial score (nSPS) is 12.8. The third kappa shape index (κ3) is 4.47. The summed E-state index contributed by atoms with van der Waals surface area (Å²) in [6.45, 7) is 2.18. The fraction of sp³-hybridized carbons (Fsp3) is 0.500. The van der Waals surface area contributed by atoms with E-state index in [1.807, 2.05) is 0 Å². The molecule has 1 rings (SSSR count). The zero-order valence-electron chi connectivity index (χ0n) is 8.47. The number of hydrogen-bond donors (Lipinski definition) is 0. The Morgan fingerprint density at radius 2 is 1.86 bits per heavy atom. The van der Waals surface area contributed by atoms with Gasteiger partial charge < -0.3 is 0 Å². The molecule has 0 saturated carbocycles. The summed E-state index contributed by atoms with van der Waals surface area (Å²) in [4.78, 5) is 0. The van der Waals surface area contributed by atoms with Gasteiger partial charge in [0.25, 0.3) is 0 Å². The lowest BCUT2D eigenvalue weighted by molar-refractivity contribution is 0.676. The van der Waals surface area contributed by atoms with Gasteiger partial charge in [0, 0.05) is 9.85 Å². The Morgan fingerprint density at radius 3 is 2.43 bits per heavy atom. The predicted molar refractivity (Wildman–Crippen MR) is 67.0 cm³/mol. The van der Waals surface area contributed by atoms with Gasteiger partial charge in [-0.1, -0.05) is 41.4 Å². The number of benzene rings is 1. The van der Waals surface area contributed by atoms with Crippen molar-refractivity contribution in [2.24, 2.45) is 0 Å². The fourth-order valence-corrected chi connectivity index (χ4v) is 2.02. The van der Waals surface area contributed by atoms with E-state index >= 15 is 0 Å². The Balaban J connectivity index is 2.34. The van der Waals surface area contributed by atoms with E-state index in [4.69, 9.17) is 11.6 Å². The standard InChI is InChI=1S/C12H16BrCl/c1-2-3-12(14)9-6-10-4-7-11(13)8-5-10/h4-5,7-8,12H,2-3,6,9H2,1H3. The van der Waals surface area contributed by atoms with Gasteiger partial charge in [0.15, 0.2) is 0 Å². The first-order chi connectivity index (χ1) is 6.72. The van der Waals surface area contributed by atoms with Crippen molar-refractivity contribution >= 4 is 27.5 Å². The van der Waals surface area contributed by atoms with Crippen LogP contribution in [0, 0.1) is 0 Å². The number of rotatable bonds is 5. The molecule has 78 valence electrons. The van der Waals surface area contributed by atoms with Crippen LogP contribution in [0.3, 0.4) is 0 Å². The van der Waals surface area contributed by atoms with E-state index in [0.29, 0.717) is 5.38 Å². The summed E-state index contributed by atoms with van der Waals surface area (Å²) in [5.41, 5.74) is 1.37. The number of alkyl halides is 1. The number of aryl methyl sites for hydroxylation is 1. The van der Waals surface area contributed by atoms with Crippen LogP contribution in [0.4, 0.5) is 0 Å². The van der Waals surface area contributed by atoms with Gasteiger partial charge in [0.1, 0.15) is 0 Å². The molecule has 0 nitrogen and oxygen atoms in total. The monoisotopic (exact) mass is 274 g/mol. The van der Waals surface area contributed by atoms with Crippen molar-refractivity contribution in [1.82, 2.24) is 0 Å². The van der Waals surface area contributed by atoms with E-state index in [2.05, 4.69) is 47.1 Å². The maximum absolute atomic E-state index is 6.15. The van der Waals surface area contributed by atoms with Gasteiger partial charge in [-0.15, -0.1) is 11.6 Å². The minimum Gasteiger partial charge on any atom is -0.123 e. The highest BCUT2D eigenvalue weighted by Crippen LogP contribution is 2.16. The lowest BCUT2D eigenvalue weighted by Crippen LogP contribution is -1.99. The molecule has 0 radical (unpaired) electrons. The molecule has 1 aromatic rings. The van der Waals surface area contributed by atoms with Gasteiger partial charge in [-0.3, -0.25) is 0 Å². The van der Waals surface area contributed by atoms with Crippen molar-refractivity contribution in [1.29, 1.82) is 0 Å². The summed E-state index contributed by atoms with van der Waals surface area (Å²) < 4.78 is 1.14. The SMILES string of the molecule is CCCC(Cl)CCc1ccc(Br)cc1. The van der Waals surface area contributed by atoms with Crippen molar-refractivity contribution < 1.29 is 0 Å². The van der Waals surface area contributed by atoms with Crippen molar-refractivity contribution in [3.63, 3.8) is 0 Å². The molecule has 1 atom stereocenters. The minimum absolute atomic E-state index is 0.337. The first kappa shape index (κ1) is 12.1. The van der Waals surface area contributed by atoms with Gasteiger partial charge >= 0.3 is 0 Å². The Hall–Kier alpha value is -0.0100. The second-order valence-electron chi connectivity index (χ2n) is 3.55. The number of halogens is 2. The van der Waals surface area contributed by atoms with Crippen LogP contribution in [0.2, 0.25) is 0 Å². The third-order valence-electron chi connectivity index (χ3n) is 2.26. The van der Waals surface area contributed by atoms with Crippen molar-refractivity contribution in [3.8, 4) is 0 Å². The molecule has 0 spiro atoms. The molecule has 0 amide bonds. The molecule has 0 saturated heterocycles. The summed E-state index contributed by atoms with van der Waals surface area (Å²) in [5.74, 6) is 0. The summed E-state index contributed by atoms with van der Waals surface area (Å²) >= 11 is 9.58. The fourth-order valence-electron chi connectivity index (χ4n) is 1.43. The van der Waals surface area contributed by atoms with E-state index in [-0.39, 0.29) is 0 Å². The first-order valence-electron chi connectivity index (χ1n) is 5.11. The molecule has 0 aromatic heterocycles. The zero-order valence-corrected chi connectivity index (χ0v) is 10.8. The maximum atomic E-state index is 6.15. The van der Waals surface area contributed by atoms with E-state index in [9.17, 15) is 0 Å². The van der Waals surface area contributed by atoms with Gasteiger partial charge in [0.05, 0.1) is 0 Å². The molecule has 1 aromatic carbocycles. The Labute approximate surface area is 99.8 Å².